The van der Waals surface area contributed by atoms with Gasteiger partial charge in [-0.1, -0.05) is 6.07 Å². The average Bonchev–Trinajstić information content (AvgIpc) is 2.99. The summed E-state index contributed by atoms with van der Waals surface area (Å²) in [5.41, 5.74) is 0.529. The molecule has 1 saturated carbocycles. The molecule has 0 saturated heterocycles. The van der Waals surface area contributed by atoms with Crippen LogP contribution in [0.1, 0.15) is 12.8 Å². The van der Waals surface area contributed by atoms with E-state index in [-0.39, 0.29) is 22.8 Å². The lowest BCUT2D eigenvalue weighted by Crippen LogP contribution is -2.35. The molecular weight excluding hydrogens is 227 g/mol. The highest BCUT2D eigenvalue weighted by Gasteiger charge is 2.29. The third-order valence-corrected chi connectivity index (χ3v) is 2.47. The number of amides is 1. The standard InChI is InChI=1S/C11H11FN2OS/c12-8-2-1-3-9(6-8)13-11(16)14-10(15)7-4-5-7/h1-3,6-7H,4-5H2,(H2,13,14,15,16). The first-order chi connectivity index (χ1) is 7.65. The number of rotatable bonds is 2. The Balaban J connectivity index is 1.89. The maximum Gasteiger partial charge on any atom is 0.229 e. The van der Waals surface area contributed by atoms with Crippen LogP contribution in [0.4, 0.5) is 10.1 Å². The minimum atomic E-state index is -0.346. The Kier molecular flexibility index (Phi) is 3.14. The van der Waals surface area contributed by atoms with Gasteiger partial charge in [0.2, 0.25) is 5.91 Å². The maximum atomic E-state index is 12.8. The van der Waals surface area contributed by atoms with E-state index < -0.39 is 0 Å². The Morgan fingerprint density at radius 2 is 2.19 bits per heavy atom. The van der Waals surface area contributed by atoms with Gasteiger partial charge < -0.3 is 10.6 Å². The molecule has 3 nitrogen and oxygen atoms in total. The van der Waals surface area contributed by atoms with Crippen LogP contribution in [0.5, 0.6) is 0 Å². The molecular formula is C11H11FN2OS. The molecule has 1 aromatic rings. The number of nitrogens with one attached hydrogen (secondary N) is 2. The molecule has 0 aromatic heterocycles. The van der Waals surface area contributed by atoms with Crippen molar-refractivity contribution in [3.8, 4) is 0 Å². The minimum Gasteiger partial charge on any atom is -0.332 e. The van der Waals surface area contributed by atoms with Gasteiger partial charge in [0.15, 0.2) is 5.11 Å². The maximum absolute atomic E-state index is 12.8. The SMILES string of the molecule is O=C(NC(=S)Nc1cccc(F)c1)C1CC1. The number of halogens is 1. The first-order valence-electron chi connectivity index (χ1n) is 5.02. The fraction of sp³-hybridized carbons (Fsp3) is 0.273. The van der Waals surface area contributed by atoms with Crippen LogP contribution in [0.25, 0.3) is 0 Å². The second kappa shape index (κ2) is 4.57. The number of thiocarbonyl (C=S) groups is 1. The molecule has 0 radical (unpaired) electrons. The Morgan fingerprint density at radius 3 is 2.81 bits per heavy atom. The monoisotopic (exact) mass is 238 g/mol. The topological polar surface area (TPSA) is 41.1 Å². The van der Waals surface area contributed by atoms with E-state index in [0.29, 0.717) is 5.69 Å². The smallest absolute Gasteiger partial charge is 0.229 e. The molecule has 0 spiro atoms. The van der Waals surface area contributed by atoms with Crippen molar-refractivity contribution in [1.82, 2.24) is 5.32 Å². The van der Waals surface area contributed by atoms with Crippen LogP contribution >= 0.6 is 12.2 Å². The lowest BCUT2D eigenvalue weighted by Gasteiger charge is -2.08. The van der Waals surface area contributed by atoms with Crippen molar-refractivity contribution in [2.24, 2.45) is 5.92 Å². The average molecular weight is 238 g/mol. The number of carbonyl (C=O) groups is 1. The molecule has 2 rings (SSSR count). The summed E-state index contributed by atoms with van der Waals surface area (Å²) in [6, 6.07) is 5.91. The lowest BCUT2D eigenvalue weighted by molar-refractivity contribution is -0.120. The summed E-state index contributed by atoms with van der Waals surface area (Å²) in [5.74, 6) is -0.303. The lowest BCUT2D eigenvalue weighted by atomic mass is 10.3. The van der Waals surface area contributed by atoms with E-state index >= 15 is 0 Å². The van der Waals surface area contributed by atoms with Crippen molar-refractivity contribution in [3.05, 3.63) is 30.1 Å². The summed E-state index contributed by atoms with van der Waals surface area (Å²) in [6.45, 7) is 0. The predicted octanol–water partition coefficient (Wildman–Crippen LogP) is 2.05. The summed E-state index contributed by atoms with van der Waals surface area (Å²) in [7, 11) is 0. The Labute approximate surface area is 98.0 Å². The molecule has 2 N–H and O–H groups in total. The third-order valence-electron chi connectivity index (χ3n) is 2.27. The van der Waals surface area contributed by atoms with Crippen LogP contribution in [0.3, 0.4) is 0 Å². The highest BCUT2D eigenvalue weighted by molar-refractivity contribution is 7.80. The van der Waals surface area contributed by atoms with E-state index in [1.807, 2.05) is 0 Å². The van der Waals surface area contributed by atoms with Gasteiger partial charge in [0.05, 0.1) is 0 Å². The van der Waals surface area contributed by atoms with Gasteiger partial charge >= 0.3 is 0 Å². The fourth-order valence-corrected chi connectivity index (χ4v) is 1.51. The Morgan fingerprint density at radius 1 is 1.44 bits per heavy atom. The van der Waals surface area contributed by atoms with Gasteiger partial charge in [0.25, 0.3) is 0 Å². The van der Waals surface area contributed by atoms with Crippen LogP contribution < -0.4 is 10.6 Å². The molecule has 0 atom stereocenters. The third kappa shape index (κ3) is 3.00. The molecule has 0 aliphatic heterocycles. The highest BCUT2D eigenvalue weighted by atomic mass is 32.1. The van der Waals surface area contributed by atoms with Crippen LogP contribution in [0.2, 0.25) is 0 Å². The molecule has 0 heterocycles. The van der Waals surface area contributed by atoms with E-state index in [1.165, 1.54) is 12.1 Å². The van der Waals surface area contributed by atoms with E-state index in [9.17, 15) is 9.18 Å². The molecule has 1 aliphatic rings. The zero-order valence-electron chi connectivity index (χ0n) is 8.50. The second-order valence-electron chi connectivity index (χ2n) is 3.73. The first kappa shape index (κ1) is 11.0. The van der Waals surface area contributed by atoms with Gasteiger partial charge in [-0.15, -0.1) is 0 Å². The van der Waals surface area contributed by atoms with Crippen molar-refractivity contribution in [3.63, 3.8) is 0 Å². The summed E-state index contributed by atoms with van der Waals surface area (Å²) in [6.07, 6.45) is 1.85. The summed E-state index contributed by atoms with van der Waals surface area (Å²) in [5, 5.41) is 5.54. The second-order valence-corrected chi connectivity index (χ2v) is 4.14. The van der Waals surface area contributed by atoms with Gasteiger partial charge in [-0.2, -0.15) is 0 Å². The molecule has 5 heteroatoms. The molecule has 1 aromatic carbocycles. The van der Waals surface area contributed by atoms with Gasteiger partial charge in [-0.25, -0.2) is 4.39 Å². The van der Waals surface area contributed by atoms with Crippen LogP contribution in [0.15, 0.2) is 24.3 Å². The molecule has 0 unspecified atom stereocenters. The summed E-state index contributed by atoms with van der Waals surface area (Å²) in [4.78, 5) is 11.4. The quantitative estimate of drug-likeness (QED) is 0.775. The minimum absolute atomic E-state index is 0.0612. The zero-order chi connectivity index (χ0) is 11.5. The number of benzene rings is 1. The molecule has 1 fully saturated rings. The highest BCUT2D eigenvalue weighted by Crippen LogP contribution is 2.28. The van der Waals surface area contributed by atoms with Gasteiger partial charge in [-0.3, -0.25) is 4.79 Å². The largest absolute Gasteiger partial charge is 0.332 e. The molecule has 1 amide bonds. The molecule has 16 heavy (non-hydrogen) atoms. The van der Waals surface area contributed by atoms with Crippen LogP contribution in [-0.4, -0.2) is 11.0 Å². The van der Waals surface area contributed by atoms with Crippen molar-refractivity contribution in [2.45, 2.75) is 12.8 Å². The van der Waals surface area contributed by atoms with Crippen molar-refractivity contribution in [2.75, 3.05) is 5.32 Å². The number of carbonyl (C=O) groups excluding carboxylic acids is 1. The van der Waals surface area contributed by atoms with E-state index in [0.717, 1.165) is 12.8 Å². The van der Waals surface area contributed by atoms with Crippen molar-refractivity contribution in [1.29, 1.82) is 0 Å². The summed E-state index contributed by atoms with van der Waals surface area (Å²) < 4.78 is 12.8. The predicted molar refractivity (Wildman–Crippen MR) is 63.5 cm³/mol. The van der Waals surface area contributed by atoms with Gasteiger partial charge in [0, 0.05) is 11.6 Å². The van der Waals surface area contributed by atoms with Gasteiger partial charge in [0.1, 0.15) is 5.82 Å². The van der Waals surface area contributed by atoms with Crippen LogP contribution in [0, 0.1) is 11.7 Å². The number of anilines is 1. The zero-order valence-corrected chi connectivity index (χ0v) is 9.31. The van der Waals surface area contributed by atoms with E-state index in [1.54, 1.807) is 12.1 Å². The Hall–Kier alpha value is -1.49. The number of hydrogen-bond acceptors (Lipinski definition) is 2. The normalized spacial score (nSPS) is 14.3. The fourth-order valence-electron chi connectivity index (χ4n) is 1.29. The van der Waals surface area contributed by atoms with Crippen LogP contribution in [-0.2, 0) is 4.79 Å². The van der Waals surface area contributed by atoms with Crippen molar-refractivity contribution >= 4 is 28.9 Å². The number of hydrogen-bond donors (Lipinski definition) is 2. The van der Waals surface area contributed by atoms with E-state index in [2.05, 4.69) is 10.6 Å². The van der Waals surface area contributed by atoms with Gasteiger partial charge in [-0.05, 0) is 43.3 Å². The first-order valence-corrected chi connectivity index (χ1v) is 5.43. The summed E-state index contributed by atoms with van der Waals surface area (Å²) >= 11 is 4.94. The molecule has 84 valence electrons. The molecule has 0 bridgehead atoms. The van der Waals surface area contributed by atoms with E-state index in [4.69, 9.17) is 12.2 Å². The Bertz CT molecular complexity index is 432. The van der Waals surface area contributed by atoms with Crippen molar-refractivity contribution < 1.29 is 9.18 Å². The molecule has 1 aliphatic carbocycles.